The van der Waals surface area contributed by atoms with Gasteiger partial charge in [-0.25, -0.2) is 0 Å². The second-order valence-corrected chi connectivity index (χ2v) is 19.4. The average molecular weight is 663 g/mol. The van der Waals surface area contributed by atoms with Gasteiger partial charge in [0.05, 0.1) is 37.1 Å². The molecule has 2 aromatic carbocycles. The van der Waals surface area contributed by atoms with Crippen molar-refractivity contribution in [3.8, 4) is 11.8 Å². The van der Waals surface area contributed by atoms with Gasteiger partial charge in [-0.3, -0.25) is 0 Å². The van der Waals surface area contributed by atoms with Crippen LogP contribution < -0.4 is 10.4 Å². The van der Waals surface area contributed by atoms with E-state index in [1.807, 2.05) is 13.8 Å². The number of hydrogen-bond donors (Lipinski definition) is 1. The van der Waals surface area contributed by atoms with Crippen molar-refractivity contribution in [3.63, 3.8) is 0 Å². The predicted octanol–water partition coefficient (Wildman–Crippen LogP) is 6.90. The monoisotopic (exact) mass is 662 g/mol. The fourth-order valence-electron chi connectivity index (χ4n) is 7.61. The fraction of sp³-hybridized carbons (Fsp3) is 0.650. The maximum Gasteiger partial charge on any atom is 0.262 e. The molecule has 5 rings (SSSR count). The molecule has 3 aliphatic rings. The van der Waals surface area contributed by atoms with Crippen molar-refractivity contribution in [1.29, 1.82) is 0 Å². The summed E-state index contributed by atoms with van der Waals surface area (Å²) < 4.78 is 32.1. The van der Waals surface area contributed by atoms with Gasteiger partial charge in [0.15, 0.2) is 5.79 Å². The molecule has 3 saturated heterocycles. The standard InChI is InChI=1S/C40H58O6Si/c1-7-8-9-12-18-30(46-47(39(2,3)4,31-20-13-10-14-21-31)32-22-15-11-16-23-32)19-17-24-33(41)34-25-26-35(43-34)36-27-28-37(44-36)38-29-42-40(5,6)45-38/h10-11,13-16,20-23,30,33-38,41H,7-9,12,18,24-29H2,1-6H3/t30-,33-,34+,35+,36+,37+,38-/m0/s1. The zero-order chi connectivity index (χ0) is 33.5. The number of aliphatic hydroxyl groups excluding tert-OH is 1. The van der Waals surface area contributed by atoms with Crippen LogP contribution in [-0.2, 0) is 23.4 Å². The molecule has 258 valence electrons. The smallest absolute Gasteiger partial charge is 0.262 e. The first-order valence-corrected chi connectivity index (χ1v) is 20.0. The quantitative estimate of drug-likeness (QED) is 0.143. The Labute approximate surface area is 285 Å². The van der Waals surface area contributed by atoms with Crippen molar-refractivity contribution in [3.05, 3.63) is 60.7 Å². The Balaban J connectivity index is 1.26. The number of ether oxygens (including phenoxy) is 4. The molecule has 0 bridgehead atoms. The first-order valence-electron chi connectivity index (χ1n) is 18.1. The van der Waals surface area contributed by atoms with Gasteiger partial charge in [-0.05, 0) is 67.8 Å². The second-order valence-electron chi connectivity index (χ2n) is 15.2. The van der Waals surface area contributed by atoms with Crippen molar-refractivity contribution in [1.82, 2.24) is 0 Å². The van der Waals surface area contributed by atoms with Crippen LogP contribution in [0.3, 0.4) is 0 Å². The minimum Gasteiger partial charge on any atom is -0.394 e. The van der Waals surface area contributed by atoms with Gasteiger partial charge in [-0.2, -0.15) is 0 Å². The van der Waals surface area contributed by atoms with E-state index >= 15 is 0 Å². The summed E-state index contributed by atoms with van der Waals surface area (Å²) in [4.78, 5) is 0. The lowest BCUT2D eigenvalue weighted by Crippen LogP contribution is -2.67. The molecule has 1 N–H and O–H groups in total. The van der Waals surface area contributed by atoms with E-state index in [0.717, 1.165) is 38.5 Å². The van der Waals surface area contributed by atoms with Crippen LogP contribution in [-0.4, -0.2) is 68.5 Å². The van der Waals surface area contributed by atoms with E-state index < -0.39 is 20.2 Å². The van der Waals surface area contributed by atoms with Crippen LogP contribution in [0, 0.1) is 11.8 Å². The zero-order valence-corrected chi connectivity index (χ0v) is 30.6. The molecule has 0 amide bonds. The Morgan fingerprint density at radius 3 is 2.02 bits per heavy atom. The number of benzene rings is 2. The Morgan fingerprint density at radius 1 is 0.851 bits per heavy atom. The van der Waals surface area contributed by atoms with Crippen molar-refractivity contribution in [2.75, 3.05) is 6.61 Å². The van der Waals surface area contributed by atoms with Gasteiger partial charge < -0.3 is 28.5 Å². The third-order valence-electron chi connectivity index (χ3n) is 10.1. The number of rotatable bonds is 13. The third-order valence-corrected chi connectivity index (χ3v) is 15.1. The van der Waals surface area contributed by atoms with E-state index in [-0.39, 0.29) is 41.7 Å². The molecule has 7 atom stereocenters. The van der Waals surface area contributed by atoms with Gasteiger partial charge in [0.1, 0.15) is 12.2 Å². The molecule has 0 saturated carbocycles. The van der Waals surface area contributed by atoms with Crippen LogP contribution in [0.2, 0.25) is 5.04 Å². The van der Waals surface area contributed by atoms with E-state index in [0.29, 0.717) is 13.0 Å². The Kier molecular flexibility index (Phi) is 12.4. The molecule has 47 heavy (non-hydrogen) atoms. The van der Waals surface area contributed by atoms with E-state index in [9.17, 15) is 5.11 Å². The van der Waals surface area contributed by atoms with Gasteiger partial charge in [-0.1, -0.05) is 119 Å². The lowest BCUT2D eigenvalue weighted by atomic mass is 10.0. The second kappa shape index (κ2) is 16.1. The minimum atomic E-state index is -2.75. The first-order chi connectivity index (χ1) is 22.5. The molecule has 3 aliphatic heterocycles. The highest BCUT2D eigenvalue weighted by Gasteiger charge is 2.51. The number of unbranched alkanes of at least 4 members (excludes halogenated alkanes) is 3. The van der Waals surface area contributed by atoms with Crippen LogP contribution in [0.15, 0.2) is 60.7 Å². The molecule has 0 radical (unpaired) electrons. The molecule has 0 aromatic heterocycles. The van der Waals surface area contributed by atoms with E-state index in [2.05, 4.69) is 100 Å². The molecule has 0 unspecified atom stereocenters. The van der Waals surface area contributed by atoms with Crippen LogP contribution in [0.5, 0.6) is 0 Å². The maximum absolute atomic E-state index is 11.2. The summed E-state index contributed by atoms with van der Waals surface area (Å²) in [6.07, 6.45) is 8.38. The van der Waals surface area contributed by atoms with Crippen molar-refractivity contribution in [2.45, 2.75) is 159 Å². The highest BCUT2D eigenvalue weighted by atomic mass is 28.4. The molecule has 2 aromatic rings. The highest BCUT2D eigenvalue weighted by molar-refractivity contribution is 6.99. The van der Waals surface area contributed by atoms with Gasteiger partial charge >= 0.3 is 0 Å². The van der Waals surface area contributed by atoms with E-state index in [1.165, 1.54) is 29.6 Å². The van der Waals surface area contributed by atoms with Crippen LogP contribution in [0.25, 0.3) is 0 Å². The van der Waals surface area contributed by atoms with Crippen molar-refractivity contribution in [2.24, 2.45) is 0 Å². The molecule has 3 fully saturated rings. The van der Waals surface area contributed by atoms with E-state index in [1.54, 1.807) is 0 Å². The maximum atomic E-state index is 11.2. The fourth-order valence-corrected chi connectivity index (χ4v) is 12.2. The minimum absolute atomic E-state index is 0.00673. The van der Waals surface area contributed by atoms with Crippen LogP contribution in [0.1, 0.15) is 106 Å². The summed E-state index contributed by atoms with van der Waals surface area (Å²) in [6.45, 7) is 13.6. The van der Waals surface area contributed by atoms with E-state index in [4.69, 9.17) is 23.4 Å². The first kappa shape index (κ1) is 36.3. The number of hydrogen-bond acceptors (Lipinski definition) is 6. The summed E-state index contributed by atoms with van der Waals surface area (Å²) in [5, 5.41) is 13.6. The van der Waals surface area contributed by atoms with Gasteiger partial charge in [-0.15, -0.1) is 0 Å². The lowest BCUT2D eigenvalue weighted by molar-refractivity contribution is -0.161. The highest BCUT2D eigenvalue weighted by Crippen LogP contribution is 2.39. The Morgan fingerprint density at radius 2 is 1.45 bits per heavy atom. The molecule has 0 aliphatic carbocycles. The zero-order valence-electron chi connectivity index (χ0n) is 29.6. The average Bonchev–Trinajstić information content (AvgIpc) is 3.82. The van der Waals surface area contributed by atoms with Gasteiger partial charge in [0.25, 0.3) is 8.32 Å². The van der Waals surface area contributed by atoms with Crippen LogP contribution in [0.4, 0.5) is 0 Å². The summed E-state index contributed by atoms with van der Waals surface area (Å²) in [6, 6.07) is 21.6. The Hall–Kier alpha value is -2.02. The lowest BCUT2D eigenvalue weighted by Gasteiger charge is -2.44. The normalized spacial score (nSPS) is 27.3. The van der Waals surface area contributed by atoms with Crippen molar-refractivity contribution < 1.29 is 28.5 Å². The predicted molar refractivity (Wildman–Crippen MR) is 190 cm³/mol. The molecule has 6 nitrogen and oxygen atoms in total. The summed E-state index contributed by atoms with van der Waals surface area (Å²) in [5.41, 5.74) is 0. The van der Waals surface area contributed by atoms with Crippen molar-refractivity contribution >= 4 is 18.7 Å². The summed E-state index contributed by atoms with van der Waals surface area (Å²) in [7, 11) is -2.75. The Bertz CT molecular complexity index is 1260. The molecular weight excluding hydrogens is 605 g/mol. The molecule has 0 spiro atoms. The summed E-state index contributed by atoms with van der Waals surface area (Å²) in [5.74, 6) is 6.35. The molecular formula is C40H58O6Si. The van der Waals surface area contributed by atoms with Gasteiger partial charge in [0, 0.05) is 6.42 Å². The largest absolute Gasteiger partial charge is 0.394 e. The molecule has 3 heterocycles. The third kappa shape index (κ3) is 8.96. The SMILES string of the molecule is CCCCCC[C@@H](C#CC[C@H](O)[C@H]1CC[C@H]([C@H]2CC[C@H]([C@@H]3COC(C)(C)O3)O2)O1)O[Si](c1ccccc1)(c1ccccc1)C(C)(C)C. The van der Waals surface area contributed by atoms with Gasteiger partial charge in [0.2, 0.25) is 0 Å². The summed E-state index contributed by atoms with van der Waals surface area (Å²) >= 11 is 0. The van der Waals surface area contributed by atoms with Crippen LogP contribution >= 0.6 is 0 Å². The molecule has 7 heteroatoms. The number of aliphatic hydroxyl groups is 1. The topological polar surface area (TPSA) is 66.4 Å².